The summed E-state index contributed by atoms with van der Waals surface area (Å²) in [6, 6.07) is 8.91. The van der Waals surface area contributed by atoms with Gasteiger partial charge in [0.25, 0.3) is 5.91 Å². The molecule has 0 unspecified atom stereocenters. The van der Waals surface area contributed by atoms with Crippen LogP contribution in [0, 0.1) is 6.92 Å². The number of aromatic nitrogens is 1. The van der Waals surface area contributed by atoms with Crippen LogP contribution in [0.3, 0.4) is 0 Å². The van der Waals surface area contributed by atoms with E-state index in [4.69, 9.17) is 0 Å². The van der Waals surface area contributed by atoms with Gasteiger partial charge in [-0.2, -0.15) is 0 Å². The van der Waals surface area contributed by atoms with Crippen molar-refractivity contribution >= 4 is 5.91 Å². The number of hydrogen-bond acceptors (Lipinski definition) is 3. The van der Waals surface area contributed by atoms with Gasteiger partial charge in [0.15, 0.2) is 0 Å². The van der Waals surface area contributed by atoms with Crippen molar-refractivity contribution in [2.24, 2.45) is 0 Å². The number of pyridine rings is 1. The molecule has 0 aliphatic rings. The number of phenols is 1. The van der Waals surface area contributed by atoms with Crippen LogP contribution in [-0.2, 0) is 6.42 Å². The number of carbonyl (C=O) groups excluding carboxylic acids is 1. The molecule has 2 rings (SSSR count). The number of nitrogens with zero attached hydrogens (tertiary/aromatic N) is 2. The Morgan fingerprint density at radius 2 is 1.95 bits per heavy atom. The van der Waals surface area contributed by atoms with Crippen LogP contribution in [0.15, 0.2) is 42.7 Å². The zero-order valence-corrected chi connectivity index (χ0v) is 11.7. The summed E-state index contributed by atoms with van der Waals surface area (Å²) >= 11 is 0. The summed E-state index contributed by atoms with van der Waals surface area (Å²) in [5.74, 6) is -0.142. The lowest BCUT2D eigenvalue weighted by Gasteiger charge is -2.18. The quantitative estimate of drug-likeness (QED) is 0.928. The topological polar surface area (TPSA) is 53.4 Å². The van der Waals surface area contributed by atoms with E-state index in [0.29, 0.717) is 12.1 Å². The Labute approximate surface area is 118 Å². The highest BCUT2D eigenvalue weighted by molar-refractivity contribution is 5.96. The molecule has 0 bridgehead atoms. The first-order chi connectivity index (χ1) is 9.58. The monoisotopic (exact) mass is 270 g/mol. The summed E-state index contributed by atoms with van der Waals surface area (Å²) in [5, 5.41) is 9.78. The number of likely N-dealkylation sites (N-methyl/N-ethyl adjacent to an activating group) is 1. The predicted molar refractivity (Wildman–Crippen MR) is 77.7 cm³/mol. The molecule has 0 spiro atoms. The molecule has 4 nitrogen and oxygen atoms in total. The van der Waals surface area contributed by atoms with Gasteiger partial charge < -0.3 is 10.0 Å². The van der Waals surface area contributed by atoms with E-state index in [9.17, 15) is 9.90 Å². The van der Waals surface area contributed by atoms with Crippen molar-refractivity contribution in [1.82, 2.24) is 9.88 Å². The van der Waals surface area contributed by atoms with Crippen LogP contribution in [0.2, 0.25) is 0 Å². The lowest BCUT2D eigenvalue weighted by atomic mass is 10.1. The van der Waals surface area contributed by atoms with Crippen LogP contribution >= 0.6 is 0 Å². The number of aryl methyl sites for hydroxylation is 1. The molecule has 0 fully saturated rings. The second-order valence-corrected chi connectivity index (χ2v) is 4.85. The fraction of sp³-hybridized carbons (Fsp3) is 0.250. The Bertz CT molecular complexity index is 597. The number of carbonyl (C=O) groups is 1. The molecule has 104 valence electrons. The third kappa shape index (κ3) is 3.35. The van der Waals surface area contributed by atoms with Crippen molar-refractivity contribution in [1.29, 1.82) is 0 Å². The van der Waals surface area contributed by atoms with Crippen LogP contribution in [0.25, 0.3) is 0 Å². The molecule has 4 heteroatoms. The molecule has 0 atom stereocenters. The molecule has 0 aliphatic carbocycles. The van der Waals surface area contributed by atoms with Crippen LogP contribution in [0.1, 0.15) is 21.5 Å². The van der Waals surface area contributed by atoms with Gasteiger partial charge in [-0.15, -0.1) is 0 Å². The highest BCUT2D eigenvalue weighted by Gasteiger charge is 2.15. The molecule has 1 aromatic heterocycles. The number of hydrogen-bond donors (Lipinski definition) is 1. The summed E-state index contributed by atoms with van der Waals surface area (Å²) in [7, 11) is 1.74. The van der Waals surface area contributed by atoms with Gasteiger partial charge in [0.2, 0.25) is 0 Å². The number of amides is 1. The second-order valence-electron chi connectivity index (χ2n) is 4.85. The Morgan fingerprint density at radius 1 is 1.25 bits per heavy atom. The van der Waals surface area contributed by atoms with Gasteiger partial charge in [0.05, 0.1) is 5.56 Å². The molecular weight excluding hydrogens is 252 g/mol. The Balaban J connectivity index is 2.03. The lowest BCUT2D eigenvalue weighted by Crippen LogP contribution is -2.29. The first-order valence-corrected chi connectivity index (χ1v) is 6.52. The molecule has 2 aromatic rings. The average Bonchev–Trinajstić information content (AvgIpc) is 2.47. The molecule has 1 heterocycles. The van der Waals surface area contributed by atoms with Crippen molar-refractivity contribution < 1.29 is 9.90 Å². The summed E-state index contributed by atoms with van der Waals surface area (Å²) in [4.78, 5) is 17.9. The van der Waals surface area contributed by atoms with Crippen molar-refractivity contribution in [2.75, 3.05) is 13.6 Å². The second kappa shape index (κ2) is 6.19. The molecule has 0 radical (unpaired) electrons. The van der Waals surface area contributed by atoms with Gasteiger partial charge in [0.1, 0.15) is 5.75 Å². The van der Waals surface area contributed by atoms with Crippen LogP contribution in [0.4, 0.5) is 0 Å². The summed E-state index contributed by atoms with van der Waals surface area (Å²) in [6.45, 7) is 2.49. The molecular formula is C16H18N2O2. The van der Waals surface area contributed by atoms with Gasteiger partial charge in [-0.05, 0) is 43.2 Å². The maximum Gasteiger partial charge on any atom is 0.257 e. The smallest absolute Gasteiger partial charge is 0.257 e. The summed E-state index contributed by atoms with van der Waals surface area (Å²) in [5.41, 5.74) is 2.43. The third-order valence-electron chi connectivity index (χ3n) is 3.21. The van der Waals surface area contributed by atoms with Gasteiger partial charge in [0, 0.05) is 26.0 Å². The molecule has 1 aromatic carbocycles. The van der Waals surface area contributed by atoms with Crippen molar-refractivity contribution in [3.8, 4) is 5.75 Å². The fourth-order valence-electron chi connectivity index (χ4n) is 1.97. The van der Waals surface area contributed by atoms with Crippen molar-refractivity contribution in [3.05, 3.63) is 59.4 Å². The molecule has 1 amide bonds. The average molecular weight is 270 g/mol. The van der Waals surface area contributed by atoms with E-state index in [1.807, 2.05) is 19.1 Å². The van der Waals surface area contributed by atoms with E-state index >= 15 is 0 Å². The van der Waals surface area contributed by atoms with E-state index in [-0.39, 0.29) is 11.7 Å². The maximum atomic E-state index is 12.3. The van der Waals surface area contributed by atoms with Crippen LogP contribution < -0.4 is 0 Å². The zero-order valence-electron chi connectivity index (χ0n) is 11.7. The van der Waals surface area contributed by atoms with Crippen molar-refractivity contribution in [2.45, 2.75) is 13.3 Å². The Morgan fingerprint density at radius 3 is 2.65 bits per heavy atom. The first kappa shape index (κ1) is 14.1. The minimum atomic E-state index is -0.166. The van der Waals surface area contributed by atoms with E-state index in [0.717, 1.165) is 17.5 Å². The molecule has 0 saturated heterocycles. The van der Waals surface area contributed by atoms with Crippen molar-refractivity contribution in [3.63, 3.8) is 0 Å². The zero-order chi connectivity index (χ0) is 14.5. The van der Waals surface area contributed by atoms with E-state index in [2.05, 4.69) is 4.98 Å². The van der Waals surface area contributed by atoms with E-state index in [1.165, 1.54) is 0 Å². The highest BCUT2D eigenvalue weighted by atomic mass is 16.3. The van der Waals surface area contributed by atoms with E-state index < -0.39 is 0 Å². The normalized spacial score (nSPS) is 10.3. The molecule has 0 aliphatic heterocycles. The third-order valence-corrected chi connectivity index (χ3v) is 3.21. The van der Waals surface area contributed by atoms with Gasteiger partial charge in [-0.25, -0.2) is 0 Å². The largest absolute Gasteiger partial charge is 0.507 e. The van der Waals surface area contributed by atoms with Crippen LogP contribution in [0.5, 0.6) is 5.75 Å². The minimum Gasteiger partial charge on any atom is -0.507 e. The predicted octanol–water partition coefficient (Wildman–Crippen LogP) is 2.41. The van der Waals surface area contributed by atoms with Crippen LogP contribution in [-0.4, -0.2) is 34.5 Å². The number of rotatable bonds is 4. The maximum absolute atomic E-state index is 12.3. The minimum absolute atomic E-state index is 0.0244. The SMILES string of the molecule is Cc1ccc(O)c(C(=O)N(C)CCc2ccncc2)c1. The highest BCUT2D eigenvalue weighted by Crippen LogP contribution is 2.19. The van der Waals surface area contributed by atoms with Gasteiger partial charge in [-0.3, -0.25) is 9.78 Å². The summed E-state index contributed by atoms with van der Waals surface area (Å²) in [6.07, 6.45) is 4.24. The fourth-order valence-corrected chi connectivity index (χ4v) is 1.97. The summed E-state index contributed by atoms with van der Waals surface area (Å²) < 4.78 is 0. The van der Waals surface area contributed by atoms with Gasteiger partial charge in [-0.1, -0.05) is 11.6 Å². The Kier molecular flexibility index (Phi) is 4.35. The van der Waals surface area contributed by atoms with E-state index in [1.54, 1.807) is 42.5 Å². The lowest BCUT2D eigenvalue weighted by molar-refractivity contribution is 0.0793. The van der Waals surface area contributed by atoms with Gasteiger partial charge >= 0.3 is 0 Å². The Hall–Kier alpha value is -2.36. The molecule has 1 N–H and O–H groups in total. The molecule has 20 heavy (non-hydrogen) atoms. The number of phenolic OH excluding ortho intramolecular Hbond substituents is 1. The first-order valence-electron chi connectivity index (χ1n) is 6.52. The molecule has 0 saturated carbocycles. The standard InChI is InChI=1S/C16H18N2O2/c1-12-3-4-15(19)14(11-12)16(20)18(2)10-7-13-5-8-17-9-6-13/h3-6,8-9,11,19H,7,10H2,1-2H3. The number of benzene rings is 1. The number of aromatic hydroxyl groups is 1.